The number of nitrogens with one attached hydrogen (secondary N) is 1. The van der Waals surface area contributed by atoms with Crippen LogP contribution in [0.4, 0.5) is 0 Å². The smallest absolute Gasteiger partial charge is 0.387 e. The van der Waals surface area contributed by atoms with Gasteiger partial charge in [-0.15, -0.1) is 0 Å². The van der Waals surface area contributed by atoms with Crippen molar-refractivity contribution in [2.75, 3.05) is 7.11 Å². The topological polar surface area (TPSA) is 75.5 Å². The number of carbonyl (C=O) groups excluding carboxylic acids is 1. The number of carbonyl (C=O) groups is 1. The van der Waals surface area contributed by atoms with Gasteiger partial charge < -0.3 is 4.74 Å². The molecule has 0 radical (unpaired) electrons. The van der Waals surface area contributed by atoms with E-state index in [4.69, 9.17) is 15.3 Å². The van der Waals surface area contributed by atoms with Gasteiger partial charge in [-0.3, -0.25) is 10.6 Å². The van der Waals surface area contributed by atoms with Gasteiger partial charge in [0.2, 0.25) is 0 Å². The Hall–Kier alpha value is -3.34. The fraction of sp³-hybridized carbons (Fsp3) is 0.100. The molecule has 0 unspecified atom stereocenters. The normalized spacial score (nSPS) is 11.3. The number of amidine groups is 1. The van der Waals surface area contributed by atoms with Gasteiger partial charge in [-0.25, -0.2) is 4.79 Å². The minimum atomic E-state index is -0.483. The first kappa shape index (κ1) is 16.5. The van der Waals surface area contributed by atoms with Crippen molar-refractivity contribution in [3.63, 3.8) is 0 Å². The van der Waals surface area contributed by atoms with Gasteiger partial charge in [0.1, 0.15) is 5.75 Å². The van der Waals surface area contributed by atoms with Crippen LogP contribution in [0.1, 0.15) is 15.9 Å². The van der Waals surface area contributed by atoms with Crippen LogP contribution in [0.5, 0.6) is 5.75 Å². The Labute approximate surface area is 145 Å². The second-order valence-corrected chi connectivity index (χ2v) is 5.60. The number of methoxy groups -OCH3 is 1. The average Bonchev–Trinajstić information content (AvgIpc) is 2.66. The largest absolute Gasteiger partial charge is 0.497 e. The molecule has 25 heavy (non-hydrogen) atoms. The molecule has 0 aliphatic rings. The summed E-state index contributed by atoms with van der Waals surface area (Å²) in [7, 11) is 1.61. The van der Waals surface area contributed by atoms with Gasteiger partial charge >= 0.3 is 5.97 Å². The molecule has 0 saturated heterocycles. The zero-order valence-corrected chi connectivity index (χ0v) is 13.9. The quantitative estimate of drug-likeness (QED) is 0.321. The van der Waals surface area contributed by atoms with E-state index >= 15 is 0 Å². The van der Waals surface area contributed by atoms with Crippen molar-refractivity contribution in [1.29, 1.82) is 0 Å². The maximum atomic E-state index is 12.2. The lowest BCUT2D eigenvalue weighted by Crippen LogP contribution is -2.75. The minimum Gasteiger partial charge on any atom is -0.497 e. The number of rotatable bonds is 5. The summed E-state index contributed by atoms with van der Waals surface area (Å²) >= 11 is 0. The predicted octanol–water partition coefficient (Wildman–Crippen LogP) is 1.60. The molecule has 0 aromatic heterocycles. The Kier molecular flexibility index (Phi) is 4.95. The van der Waals surface area contributed by atoms with E-state index in [-0.39, 0.29) is 0 Å². The zero-order valence-electron chi connectivity index (χ0n) is 13.9. The summed E-state index contributed by atoms with van der Waals surface area (Å²) in [6, 6.07) is 20.7. The van der Waals surface area contributed by atoms with Crippen molar-refractivity contribution in [3.05, 3.63) is 77.9 Å². The molecule has 0 aliphatic carbocycles. The molecule has 0 saturated carbocycles. The van der Waals surface area contributed by atoms with Crippen molar-refractivity contribution in [3.8, 4) is 5.75 Å². The standard InChI is InChI=1S/C20H18N2O3/c1-24-18-10-6-14(7-11-18)12-19(21)22-25-20(23)17-9-8-15-4-2-3-5-16(15)13-17/h2-11,13H,12H2,1H3,(H2,21,22)/p+1. The van der Waals surface area contributed by atoms with E-state index in [0.29, 0.717) is 17.8 Å². The fourth-order valence-corrected chi connectivity index (χ4v) is 2.49. The lowest BCUT2D eigenvalue weighted by molar-refractivity contribution is -0.722. The van der Waals surface area contributed by atoms with Crippen LogP contribution >= 0.6 is 0 Å². The second-order valence-electron chi connectivity index (χ2n) is 5.60. The van der Waals surface area contributed by atoms with Crippen molar-refractivity contribution >= 4 is 22.6 Å². The third-order valence-electron chi connectivity index (χ3n) is 3.81. The van der Waals surface area contributed by atoms with Crippen LogP contribution in [-0.4, -0.2) is 18.9 Å². The monoisotopic (exact) mass is 335 g/mol. The molecule has 0 bridgehead atoms. The highest BCUT2D eigenvalue weighted by Gasteiger charge is 2.11. The first-order chi connectivity index (χ1) is 12.2. The SMILES string of the molecule is COc1ccc(CC(N)=[NH+]OC(=O)c2ccc3ccccc3c2)cc1. The first-order valence-electron chi connectivity index (χ1n) is 7.86. The van der Waals surface area contributed by atoms with E-state index in [1.807, 2.05) is 54.6 Å². The third kappa shape index (κ3) is 4.14. The van der Waals surface area contributed by atoms with E-state index in [0.717, 1.165) is 22.1 Å². The van der Waals surface area contributed by atoms with Crippen LogP contribution in [0.15, 0.2) is 66.7 Å². The van der Waals surface area contributed by atoms with Crippen LogP contribution in [-0.2, 0) is 11.3 Å². The molecular formula is C20H19N2O3+. The Morgan fingerprint density at radius 2 is 1.72 bits per heavy atom. The summed E-state index contributed by atoms with van der Waals surface area (Å²) in [6.07, 6.45) is 0.439. The Bertz CT molecular complexity index is 918. The summed E-state index contributed by atoms with van der Waals surface area (Å²) in [6.45, 7) is 0. The number of nitrogens with two attached hydrogens (primary N) is 1. The average molecular weight is 335 g/mol. The van der Waals surface area contributed by atoms with Crippen LogP contribution in [0.25, 0.3) is 10.8 Å². The van der Waals surface area contributed by atoms with E-state index in [1.165, 1.54) is 0 Å². The third-order valence-corrected chi connectivity index (χ3v) is 3.81. The molecule has 5 heteroatoms. The van der Waals surface area contributed by atoms with Gasteiger partial charge in [-0.2, -0.15) is 0 Å². The van der Waals surface area contributed by atoms with E-state index in [1.54, 1.807) is 19.2 Å². The number of hydrogen-bond acceptors (Lipinski definition) is 3. The van der Waals surface area contributed by atoms with Crippen molar-refractivity contribution in [2.45, 2.75) is 6.42 Å². The number of fused-ring (bicyclic) bond motifs is 1. The molecule has 0 heterocycles. The minimum absolute atomic E-state index is 0.347. The first-order valence-corrected chi connectivity index (χ1v) is 7.86. The lowest BCUT2D eigenvalue weighted by atomic mass is 10.1. The maximum absolute atomic E-state index is 12.2. The van der Waals surface area contributed by atoms with Crippen LogP contribution in [0.2, 0.25) is 0 Å². The Balaban J connectivity index is 1.65. The van der Waals surface area contributed by atoms with E-state index in [9.17, 15) is 4.79 Å². The van der Waals surface area contributed by atoms with E-state index < -0.39 is 5.97 Å². The van der Waals surface area contributed by atoms with E-state index in [2.05, 4.69) is 5.16 Å². The van der Waals surface area contributed by atoms with Crippen LogP contribution in [0, 0.1) is 0 Å². The summed E-state index contributed by atoms with van der Waals surface area (Å²) in [5.41, 5.74) is 7.33. The molecule has 3 N–H and O–H groups in total. The maximum Gasteiger partial charge on any atom is 0.387 e. The van der Waals surface area contributed by atoms with Crippen molar-refractivity contribution in [2.24, 2.45) is 5.73 Å². The molecule has 0 atom stereocenters. The molecule has 3 aromatic carbocycles. The molecule has 126 valence electrons. The van der Waals surface area contributed by atoms with Crippen LogP contribution in [0.3, 0.4) is 0 Å². The Morgan fingerprint density at radius 3 is 2.44 bits per heavy atom. The molecule has 3 aromatic rings. The molecule has 0 spiro atoms. The highest BCUT2D eigenvalue weighted by Crippen LogP contribution is 2.15. The van der Waals surface area contributed by atoms with Crippen LogP contribution < -0.4 is 15.6 Å². The van der Waals surface area contributed by atoms with Gasteiger partial charge in [0.25, 0.3) is 5.84 Å². The fourth-order valence-electron chi connectivity index (χ4n) is 2.49. The summed E-state index contributed by atoms with van der Waals surface area (Å²) < 4.78 is 5.11. The van der Waals surface area contributed by atoms with Gasteiger partial charge in [0, 0.05) is 0 Å². The molecule has 0 fully saturated rings. The van der Waals surface area contributed by atoms with Crippen molar-refractivity contribution < 1.29 is 19.5 Å². The Morgan fingerprint density at radius 1 is 1.00 bits per heavy atom. The van der Waals surface area contributed by atoms with Gasteiger partial charge in [0.05, 0.1) is 19.1 Å². The highest BCUT2D eigenvalue weighted by atomic mass is 16.7. The molecule has 0 amide bonds. The van der Waals surface area contributed by atoms with Gasteiger partial charge in [-0.1, -0.05) is 47.6 Å². The number of benzene rings is 3. The molecule has 3 rings (SSSR count). The highest BCUT2D eigenvalue weighted by molar-refractivity contribution is 5.95. The number of ether oxygens (including phenoxy) is 1. The molecular weight excluding hydrogens is 316 g/mol. The van der Waals surface area contributed by atoms with Gasteiger partial charge in [0.15, 0.2) is 0 Å². The summed E-state index contributed by atoms with van der Waals surface area (Å²) in [5, 5.41) is 4.57. The zero-order chi connectivity index (χ0) is 17.6. The number of hydrogen-bond donors (Lipinski definition) is 2. The molecule has 5 nitrogen and oxygen atoms in total. The lowest BCUT2D eigenvalue weighted by Gasteiger charge is -2.02. The second kappa shape index (κ2) is 7.49. The summed E-state index contributed by atoms with van der Waals surface area (Å²) in [4.78, 5) is 17.2. The van der Waals surface area contributed by atoms with Gasteiger partial charge in [-0.05, 0) is 40.6 Å². The molecule has 0 aliphatic heterocycles. The predicted molar refractivity (Wildman–Crippen MR) is 96.2 cm³/mol. The van der Waals surface area contributed by atoms with Crippen molar-refractivity contribution in [1.82, 2.24) is 0 Å². The summed E-state index contributed by atoms with van der Waals surface area (Å²) in [5.74, 6) is 0.640.